The lowest BCUT2D eigenvalue weighted by atomic mass is 10.1. The van der Waals surface area contributed by atoms with Crippen LogP contribution in [0.4, 0.5) is 0 Å². The molecule has 1 aromatic heterocycles. The highest BCUT2D eigenvalue weighted by Crippen LogP contribution is 2.24. The van der Waals surface area contributed by atoms with Crippen LogP contribution in [0.25, 0.3) is 5.69 Å². The summed E-state index contributed by atoms with van der Waals surface area (Å²) in [4.78, 5) is 25.5. The Morgan fingerprint density at radius 3 is 2.29 bits per heavy atom. The van der Waals surface area contributed by atoms with E-state index < -0.39 is 5.97 Å². The lowest BCUT2D eigenvalue weighted by molar-refractivity contribution is 0.0729. The highest BCUT2D eigenvalue weighted by atomic mass is 16.5. The van der Waals surface area contributed by atoms with Crippen LogP contribution in [0.1, 0.15) is 43.2 Å². The molecule has 0 aliphatic carbocycles. The summed E-state index contributed by atoms with van der Waals surface area (Å²) in [7, 11) is 0. The number of phenolic OH excluding ortho intramolecular Hbond substituents is 1. The number of phenols is 1. The van der Waals surface area contributed by atoms with Crippen molar-refractivity contribution in [2.45, 2.75) is 27.3 Å². The van der Waals surface area contributed by atoms with Crippen molar-refractivity contribution in [3.05, 3.63) is 106 Å². The Bertz CT molecular complexity index is 1370. The molecule has 7 nitrogen and oxygen atoms in total. The number of hydrogen-bond acceptors (Lipinski definition) is 5. The van der Waals surface area contributed by atoms with Gasteiger partial charge in [0.05, 0.1) is 16.9 Å². The lowest BCUT2D eigenvalue weighted by Crippen LogP contribution is -2.24. The molecule has 0 aliphatic heterocycles. The fourth-order valence-corrected chi connectivity index (χ4v) is 3.77. The van der Waals surface area contributed by atoms with Gasteiger partial charge in [-0.15, -0.1) is 0 Å². The second-order valence-corrected chi connectivity index (χ2v) is 7.93. The van der Waals surface area contributed by atoms with Crippen LogP contribution in [0, 0.1) is 20.8 Å². The third-order valence-electron chi connectivity index (χ3n) is 5.67. The number of amides is 1. The van der Waals surface area contributed by atoms with E-state index in [4.69, 9.17) is 4.74 Å². The predicted molar refractivity (Wildman–Crippen MR) is 128 cm³/mol. The first-order valence-corrected chi connectivity index (χ1v) is 10.9. The maximum absolute atomic E-state index is 13.0. The fraction of sp³-hybridized carbons (Fsp3) is 0.148. The van der Waals surface area contributed by atoms with Gasteiger partial charge in [0, 0.05) is 17.8 Å². The molecule has 2 N–H and O–H groups in total. The minimum atomic E-state index is -0.746. The number of nitrogens with zero attached hydrogens (tertiary/aromatic N) is 2. The summed E-state index contributed by atoms with van der Waals surface area (Å²) in [6.45, 7) is 6.17. The molecule has 0 bridgehead atoms. The fourth-order valence-electron chi connectivity index (χ4n) is 3.77. The van der Waals surface area contributed by atoms with Crippen LogP contribution in [0.15, 0.2) is 72.8 Å². The van der Waals surface area contributed by atoms with Gasteiger partial charge < -0.3 is 15.2 Å². The number of carbonyl (C=O) groups excluding carboxylic acids is 2. The average molecular weight is 456 g/mol. The first-order valence-electron chi connectivity index (χ1n) is 10.9. The molecular weight excluding hydrogens is 430 g/mol. The number of aryl methyl sites for hydroxylation is 2. The Morgan fingerprint density at radius 1 is 0.912 bits per heavy atom. The molecule has 4 rings (SSSR count). The molecule has 4 aromatic rings. The Kier molecular flexibility index (Phi) is 6.45. The van der Waals surface area contributed by atoms with Gasteiger partial charge in [-0.1, -0.05) is 42.5 Å². The molecule has 7 heteroatoms. The number of carbonyl (C=O) groups is 2. The smallest absolute Gasteiger partial charge is 0.347 e. The number of nitrogens with one attached hydrogen (secondary N) is 1. The summed E-state index contributed by atoms with van der Waals surface area (Å²) in [5, 5.41) is 17.5. The number of para-hydroxylation sites is 3. The molecule has 1 amide bonds. The second-order valence-electron chi connectivity index (χ2n) is 7.93. The SMILES string of the molecule is Cc1ccccc1-n1nc(C)c(CNC(=O)c2ccccc2OC(=O)c2ccccc2O)c1C. The van der Waals surface area contributed by atoms with Gasteiger partial charge in [-0.2, -0.15) is 5.10 Å². The van der Waals surface area contributed by atoms with Crippen molar-refractivity contribution >= 4 is 11.9 Å². The first-order chi connectivity index (χ1) is 16.4. The maximum atomic E-state index is 13.0. The molecule has 0 atom stereocenters. The number of esters is 1. The standard InChI is InChI=1S/C27H25N3O4/c1-17-10-4-7-13-23(17)30-19(3)22(18(2)29-30)16-28-26(32)21-12-6-9-15-25(21)34-27(33)20-11-5-8-14-24(20)31/h4-15,31H,16H2,1-3H3,(H,28,32). The van der Waals surface area contributed by atoms with Crippen LogP contribution >= 0.6 is 0 Å². The largest absolute Gasteiger partial charge is 0.507 e. The van der Waals surface area contributed by atoms with E-state index in [-0.39, 0.29) is 35.1 Å². The van der Waals surface area contributed by atoms with E-state index in [0.29, 0.717) is 0 Å². The molecule has 0 saturated carbocycles. The lowest BCUT2D eigenvalue weighted by Gasteiger charge is -2.12. The van der Waals surface area contributed by atoms with Gasteiger partial charge in [0.25, 0.3) is 5.91 Å². The molecule has 0 spiro atoms. The zero-order valence-corrected chi connectivity index (χ0v) is 19.2. The number of benzene rings is 3. The highest BCUT2D eigenvalue weighted by molar-refractivity contribution is 5.99. The van der Waals surface area contributed by atoms with Crippen molar-refractivity contribution in [3.8, 4) is 17.2 Å². The molecule has 34 heavy (non-hydrogen) atoms. The number of ether oxygens (including phenoxy) is 1. The van der Waals surface area contributed by atoms with E-state index in [9.17, 15) is 14.7 Å². The average Bonchev–Trinajstić information content (AvgIpc) is 3.11. The topological polar surface area (TPSA) is 93.5 Å². The normalized spacial score (nSPS) is 10.7. The van der Waals surface area contributed by atoms with E-state index in [0.717, 1.165) is 28.2 Å². The van der Waals surface area contributed by atoms with Gasteiger partial charge >= 0.3 is 5.97 Å². The van der Waals surface area contributed by atoms with E-state index in [1.165, 1.54) is 12.1 Å². The molecule has 0 aliphatic rings. The zero-order chi connectivity index (χ0) is 24.2. The third-order valence-corrected chi connectivity index (χ3v) is 5.67. The van der Waals surface area contributed by atoms with E-state index in [1.807, 2.05) is 49.7 Å². The van der Waals surface area contributed by atoms with Gasteiger partial charge in [0.2, 0.25) is 0 Å². The number of aromatic hydroxyl groups is 1. The minimum Gasteiger partial charge on any atom is -0.507 e. The molecule has 0 fully saturated rings. The Labute approximate surface area is 197 Å². The van der Waals surface area contributed by atoms with Crippen LogP contribution in [-0.2, 0) is 6.54 Å². The first kappa shape index (κ1) is 22.8. The summed E-state index contributed by atoms with van der Waals surface area (Å²) in [5.74, 6) is -1.21. The third kappa shape index (κ3) is 4.54. The molecule has 172 valence electrons. The summed E-state index contributed by atoms with van der Waals surface area (Å²) in [6.07, 6.45) is 0. The Balaban J connectivity index is 1.52. The molecule has 1 heterocycles. The summed E-state index contributed by atoms with van der Waals surface area (Å²) in [5.41, 5.74) is 5.00. The highest BCUT2D eigenvalue weighted by Gasteiger charge is 2.19. The van der Waals surface area contributed by atoms with Crippen molar-refractivity contribution in [1.29, 1.82) is 0 Å². The number of rotatable bonds is 6. The van der Waals surface area contributed by atoms with Crippen molar-refractivity contribution < 1.29 is 19.4 Å². The second kappa shape index (κ2) is 9.62. The van der Waals surface area contributed by atoms with Gasteiger partial charge in [-0.05, 0) is 56.7 Å². The number of aromatic nitrogens is 2. The molecular formula is C27H25N3O4. The molecule has 3 aromatic carbocycles. The summed E-state index contributed by atoms with van der Waals surface area (Å²) in [6, 6.07) is 20.6. The van der Waals surface area contributed by atoms with Crippen LogP contribution in [0.2, 0.25) is 0 Å². The van der Waals surface area contributed by atoms with Gasteiger partial charge in [-0.3, -0.25) is 4.79 Å². The number of hydrogen-bond donors (Lipinski definition) is 2. The van der Waals surface area contributed by atoms with Crippen molar-refractivity contribution in [2.75, 3.05) is 0 Å². The van der Waals surface area contributed by atoms with Crippen LogP contribution in [-0.4, -0.2) is 26.8 Å². The summed E-state index contributed by atoms with van der Waals surface area (Å²) < 4.78 is 7.32. The van der Waals surface area contributed by atoms with Gasteiger partial charge in [0.15, 0.2) is 0 Å². The van der Waals surface area contributed by atoms with E-state index >= 15 is 0 Å². The maximum Gasteiger partial charge on any atom is 0.347 e. The molecule has 0 unspecified atom stereocenters. The minimum absolute atomic E-state index is 0.0209. The van der Waals surface area contributed by atoms with Crippen molar-refractivity contribution in [2.24, 2.45) is 0 Å². The molecule has 0 saturated heterocycles. The van der Waals surface area contributed by atoms with Crippen LogP contribution < -0.4 is 10.1 Å². The van der Waals surface area contributed by atoms with E-state index in [2.05, 4.69) is 10.4 Å². The van der Waals surface area contributed by atoms with Crippen molar-refractivity contribution in [3.63, 3.8) is 0 Å². The zero-order valence-electron chi connectivity index (χ0n) is 19.2. The Hall–Kier alpha value is -4.39. The summed E-state index contributed by atoms with van der Waals surface area (Å²) >= 11 is 0. The molecule has 0 radical (unpaired) electrons. The quantitative estimate of drug-likeness (QED) is 0.326. The van der Waals surface area contributed by atoms with Crippen LogP contribution in [0.5, 0.6) is 11.5 Å². The van der Waals surface area contributed by atoms with Gasteiger partial charge in [0.1, 0.15) is 17.1 Å². The van der Waals surface area contributed by atoms with Crippen LogP contribution in [0.3, 0.4) is 0 Å². The monoisotopic (exact) mass is 455 g/mol. The Morgan fingerprint density at radius 2 is 1.56 bits per heavy atom. The van der Waals surface area contributed by atoms with E-state index in [1.54, 1.807) is 36.4 Å². The van der Waals surface area contributed by atoms with Crippen molar-refractivity contribution in [1.82, 2.24) is 15.1 Å². The predicted octanol–water partition coefficient (Wildman–Crippen LogP) is 4.65. The van der Waals surface area contributed by atoms with Gasteiger partial charge in [-0.25, -0.2) is 9.48 Å².